The Morgan fingerprint density at radius 1 is 1.07 bits per heavy atom. The third-order valence-electron chi connectivity index (χ3n) is 5.50. The highest BCUT2D eigenvalue weighted by Crippen LogP contribution is 2.23. The van der Waals surface area contributed by atoms with Gasteiger partial charge in [-0.2, -0.15) is 5.26 Å². The lowest BCUT2D eigenvalue weighted by atomic mass is 10.1. The third-order valence-corrected chi connectivity index (χ3v) is 5.50. The van der Waals surface area contributed by atoms with Gasteiger partial charge in [0.1, 0.15) is 5.69 Å². The largest absolute Gasteiger partial charge is 0.348 e. The number of hydrogen-bond acceptors (Lipinski definition) is 4. The molecule has 7 heteroatoms. The molecule has 4 rings (SSSR count). The highest BCUT2D eigenvalue weighted by Gasteiger charge is 2.29. The average Bonchev–Trinajstić information content (AvgIpc) is 3.36. The van der Waals surface area contributed by atoms with Crippen LogP contribution in [0.5, 0.6) is 0 Å². The van der Waals surface area contributed by atoms with Crippen LogP contribution in [0.25, 0.3) is 0 Å². The van der Waals surface area contributed by atoms with Crippen molar-refractivity contribution in [1.29, 1.82) is 5.26 Å². The molecule has 2 amide bonds. The lowest BCUT2D eigenvalue weighted by molar-refractivity contribution is 0.0931. The van der Waals surface area contributed by atoms with Crippen LogP contribution in [0.2, 0.25) is 0 Å². The molecule has 0 atom stereocenters. The van der Waals surface area contributed by atoms with E-state index in [1.165, 1.54) is 0 Å². The van der Waals surface area contributed by atoms with E-state index in [2.05, 4.69) is 21.7 Å². The highest BCUT2D eigenvalue weighted by atomic mass is 16.2. The number of nitrogens with zero attached hydrogens (tertiary/aromatic N) is 3. The molecule has 0 unspecified atom stereocenters. The molecule has 144 valence electrons. The van der Waals surface area contributed by atoms with Crippen molar-refractivity contribution in [2.24, 2.45) is 0 Å². The number of anilines is 1. The molecule has 0 spiro atoms. The van der Waals surface area contributed by atoms with Crippen LogP contribution in [0.3, 0.4) is 0 Å². The van der Waals surface area contributed by atoms with Crippen LogP contribution in [-0.4, -0.2) is 27.4 Å². The van der Waals surface area contributed by atoms with Gasteiger partial charge in [0.25, 0.3) is 11.8 Å². The summed E-state index contributed by atoms with van der Waals surface area (Å²) in [4.78, 5) is 30.1. The van der Waals surface area contributed by atoms with E-state index in [0.717, 1.165) is 50.6 Å². The van der Waals surface area contributed by atoms with Crippen molar-refractivity contribution in [3.63, 3.8) is 0 Å². The number of carbonyl (C=O) groups excluding carboxylic acids is 2. The maximum absolute atomic E-state index is 12.8. The van der Waals surface area contributed by atoms with Gasteiger partial charge in [-0.1, -0.05) is 12.8 Å². The predicted molar refractivity (Wildman–Crippen MR) is 104 cm³/mol. The molecule has 28 heavy (non-hydrogen) atoms. The van der Waals surface area contributed by atoms with Gasteiger partial charge in [-0.25, -0.2) is 4.98 Å². The predicted octanol–water partition coefficient (Wildman–Crippen LogP) is 3.02. The number of benzene rings is 1. The molecule has 0 bridgehead atoms. The molecule has 2 heterocycles. The molecule has 1 aliphatic heterocycles. The number of rotatable bonds is 4. The standard InChI is InChI=1S/C21H23N5O2/c22-13-14-8-10-16(11-9-14)24-21(28)19-25-18(17-7-3-4-12-26(17)19)20(27)23-15-5-1-2-6-15/h8-11,15H,1-7,12H2,(H,23,27)(H,24,28). The Balaban J connectivity index is 1.57. The zero-order valence-corrected chi connectivity index (χ0v) is 15.7. The van der Waals surface area contributed by atoms with E-state index < -0.39 is 0 Å². The van der Waals surface area contributed by atoms with E-state index >= 15 is 0 Å². The van der Waals surface area contributed by atoms with E-state index in [-0.39, 0.29) is 23.7 Å². The Kier molecular flexibility index (Phi) is 5.11. The average molecular weight is 377 g/mol. The molecule has 1 aromatic carbocycles. The van der Waals surface area contributed by atoms with Crippen LogP contribution >= 0.6 is 0 Å². The molecular formula is C21H23N5O2. The van der Waals surface area contributed by atoms with Crippen molar-refractivity contribution in [3.8, 4) is 6.07 Å². The molecule has 2 aromatic rings. The van der Waals surface area contributed by atoms with Gasteiger partial charge in [-0.15, -0.1) is 0 Å². The van der Waals surface area contributed by atoms with Gasteiger partial charge in [0.05, 0.1) is 17.3 Å². The summed E-state index contributed by atoms with van der Waals surface area (Å²) in [5, 5.41) is 14.8. The molecule has 0 radical (unpaired) electrons. The lowest BCUT2D eigenvalue weighted by Gasteiger charge is -2.17. The molecule has 1 saturated carbocycles. The van der Waals surface area contributed by atoms with Gasteiger partial charge in [0, 0.05) is 18.3 Å². The van der Waals surface area contributed by atoms with E-state index in [1.54, 1.807) is 24.3 Å². The molecule has 7 nitrogen and oxygen atoms in total. The van der Waals surface area contributed by atoms with Crippen molar-refractivity contribution in [3.05, 3.63) is 47.0 Å². The van der Waals surface area contributed by atoms with Crippen LogP contribution in [0.4, 0.5) is 5.69 Å². The number of carbonyl (C=O) groups is 2. The molecule has 1 fully saturated rings. The monoisotopic (exact) mass is 377 g/mol. The number of imidazole rings is 1. The van der Waals surface area contributed by atoms with E-state index in [9.17, 15) is 9.59 Å². The first-order valence-corrected chi connectivity index (χ1v) is 9.87. The fourth-order valence-corrected chi connectivity index (χ4v) is 4.04. The van der Waals surface area contributed by atoms with Crippen molar-refractivity contribution < 1.29 is 9.59 Å². The summed E-state index contributed by atoms with van der Waals surface area (Å²) in [6.07, 6.45) is 7.01. The van der Waals surface area contributed by atoms with Crippen LogP contribution in [-0.2, 0) is 13.0 Å². The summed E-state index contributed by atoms with van der Waals surface area (Å²) >= 11 is 0. The molecule has 2 N–H and O–H groups in total. The summed E-state index contributed by atoms with van der Waals surface area (Å²) in [7, 11) is 0. The zero-order chi connectivity index (χ0) is 19.5. The van der Waals surface area contributed by atoms with Gasteiger partial charge < -0.3 is 15.2 Å². The molecular weight excluding hydrogens is 354 g/mol. The molecule has 0 saturated heterocycles. The van der Waals surface area contributed by atoms with Crippen LogP contribution < -0.4 is 10.6 Å². The van der Waals surface area contributed by atoms with E-state index in [1.807, 2.05) is 4.57 Å². The Hall–Kier alpha value is -3.14. The lowest BCUT2D eigenvalue weighted by Crippen LogP contribution is -2.33. The van der Waals surface area contributed by atoms with Crippen LogP contribution in [0.15, 0.2) is 24.3 Å². The van der Waals surface area contributed by atoms with Gasteiger partial charge in [0.15, 0.2) is 5.82 Å². The van der Waals surface area contributed by atoms with E-state index in [4.69, 9.17) is 5.26 Å². The Morgan fingerprint density at radius 3 is 2.54 bits per heavy atom. The number of aromatic nitrogens is 2. The molecule has 2 aliphatic rings. The SMILES string of the molecule is N#Cc1ccc(NC(=O)c2nc(C(=O)NC3CCCC3)c3n2CCCC3)cc1. The Labute approximate surface area is 163 Å². The van der Waals surface area contributed by atoms with Gasteiger partial charge in [0.2, 0.25) is 0 Å². The minimum atomic E-state index is -0.340. The second-order valence-corrected chi connectivity index (χ2v) is 7.44. The second-order valence-electron chi connectivity index (χ2n) is 7.44. The molecule has 1 aromatic heterocycles. The van der Waals surface area contributed by atoms with E-state index in [0.29, 0.717) is 23.5 Å². The van der Waals surface area contributed by atoms with Crippen molar-refractivity contribution >= 4 is 17.5 Å². The first-order valence-electron chi connectivity index (χ1n) is 9.87. The first kappa shape index (κ1) is 18.2. The van der Waals surface area contributed by atoms with Gasteiger partial charge in [-0.05, 0) is 56.4 Å². The first-order chi connectivity index (χ1) is 13.7. The minimum absolute atomic E-state index is 0.171. The fourth-order valence-electron chi connectivity index (χ4n) is 4.04. The van der Waals surface area contributed by atoms with Crippen LogP contribution in [0.1, 0.15) is 70.9 Å². The van der Waals surface area contributed by atoms with Crippen LogP contribution in [0, 0.1) is 11.3 Å². The number of hydrogen-bond donors (Lipinski definition) is 2. The quantitative estimate of drug-likeness (QED) is 0.855. The third kappa shape index (κ3) is 3.63. The summed E-state index contributed by atoms with van der Waals surface area (Å²) in [5.41, 5.74) is 2.36. The minimum Gasteiger partial charge on any atom is -0.348 e. The maximum atomic E-state index is 12.8. The summed E-state index contributed by atoms with van der Waals surface area (Å²) in [6.45, 7) is 0.690. The smallest absolute Gasteiger partial charge is 0.291 e. The van der Waals surface area contributed by atoms with Crippen molar-refractivity contribution in [2.45, 2.75) is 57.5 Å². The van der Waals surface area contributed by atoms with Crippen molar-refractivity contribution in [2.75, 3.05) is 5.32 Å². The zero-order valence-electron chi connectivity index (χ0n) is 15.7. The Morgan fingerprint density at radius 2 is 1.82 bits per heavy atom. The second kappa shape index (κ2) is 7.85. The Bertz CT molecular complexity index is 933. The fraction of sp³-hybridized carbons (Fsp3) is 0.429. The summed E-state index contributed by atoms with van der Waals surface area (Å²) < 4.78 is 1.88. The van der Waals surface area contributed by atoms with Crippen molar-refractivity contribution in [1.82, 2.24) is 14.9 Å². The topological polar surface area (TPSA) is 99.8 Å². The summed E-state index contributed by atoms with van der Waals surface area (Å²) in [6, 6.07) is 8.93. The number of nitrogens with one attached hydrogen (secondary N) is 2. The maximum Gasteiger partial charge on any atom is 0.291 e. The normalized spacial score (nSPS) is 16.2. The number of amides is 2. The number of nitriles is 1. The summed E-state index contributed by atoms with van der Waals surface area (Å²) in [5.74, 6) is -0.238. The van der Waals surface area contributed by atoms with Gasteiger partial charge in [-0.3, -0.25) is 9.59 Å². The highest BCUT2D eigenvalue weighted by molar-refractivity contribution is 6.03. The molecule has 1 aliphatic carbocycles. The number of fused-ring (bicyclic) bond motifs is 1. The van der Waals surface area contributed by atoms with Gasteiger partial charge >= 0.3 is 0 Å².